The molecule has 0 aliphatic carbocycles. The van der Waals surface area contributed by atoms with Gasteiger partial charge in [0.15, 0.2) is 0 Å². The highest BCUT2D eigenvalue weighted by Gasteiger charge is 1.94. The third-order valence-electron chi connectivity index (χ3n) is 1.17. The average molecular weight is 182 g/mol. The van der Waals surface area contributed by atoms with Gasteiger partial charge in [-0.3, -0.25) is 9.78 Å². The lowest BCUT2D eigenvalue weighted by Crippen LogP contribution is -2.10. The molecule has 4 nitrogen and oxygen atoms in total. The number of nitrogens with zero attached hydrogens (tertiary/aromatic N) is 1. The molecule has 0 atom stereocenters. The van der Waals surface area contributed by atoms with E-state index in [1.165, 1.54) is 6.20 Å². The van der Waals surface area contributed by atoms with Gasteiger partial charge in [-0.1, -0.05) is 6.92 Å². The maximum absolute atomic E-state index is 10.4. The summed E-state index contributed by atoms with van der Waals surface area (Å²) in [6.45, 7) is 2.25. The van der Waals surface area contributed by atoms with Crippen LogP contribution in [0.2, 0.25) is 0 Å². The van der Waals surface area contributed by atoms with Gasteiger partial charge in [-0.15, -0.1) is 0 Å². The number of aromatic nitrogens is 1. The summed E-state index contributed by atoms with van der Waals surface area (Å²) in [7, 11) is 0. The van der Waals surface area contributed by atoms with Crippen LogP contribution in [-0.2, 0) is 0 Å². The largest absolute Gasteiger partial charge is 0.396 e. The van der Waals surface area contributed by atoms with Gasteiger partial charge < -0.3 is 10.8 Å². The van der Waals surface area contributed by atoms with E-state index >= 15 is 0 Å². The van der Waals surface area contributed by atoms with Crippen LogP contribution in [0.25, 0.3) is 0 Å². The molecule has 0 radical (unpaired) electrons. The molecule has 0 unspecified atom stereocenters. The SMILES string of the molecule is CCCO.NC(=O)c1cccnc1. The van der Waals surface area contributed by atoms with E-state index in [1.807, 2.05) is 6.92 Å². The predicted octanol–water partition coefficient (Wildman–Crippen LogP) is 0.569. The number of carbonyl (C=O) groups excluding carboxylic acids is 1. The van der Waals surface area contributed by atoms with E-state index in [4.69, 9.17) is 10.8 Å². The summed E-state index contributed by atoms with van der Waals surface area (Å²) in [6.07, 6.45) is 3.90. The van der Waals surface area contributed by atoms with Gasteiger partial charge in [0.2, 0.25) is 5.91 Å². The highest BCUT2D eigenvalue weighted by Crippen LogP contribution is 1.91. The standard InChI is InChI=1S/C6H6N2O.C3H8O/c7-6(9)5-2-1-3-8-4-5;1-2-3-4/h1-4H,(H2,7,9);4H,2-3H2,1H3. The Kier molecular flexibility index (Phi) is 6.45. The minimum Gasteiger partial charge on any atom is -0.396 e. The zero-order chi connectivity index (χ0) is 10.1. The first-order valence-corrected chi connectivity index (χ1v) is 4.03. The molecule has 72 valence electrons. The molecule has 3 N–H and O–H groups in total. The minimum atomic E-state index is -0.442. The van der Waals surface area contributed by atoms with Crippen LogP contribution in [0.15, 0.2) is 24.5 Å². The fourth-order valence-electron chi connectivity index (χ4n) is 0.509. The second kappa shape index (κ2) is 7.24. The Hall–Kier alpha value is -1.42. The summed E-state index contributed by atoms with van der Waals surface area (Å²) < 4.78 is 0. The van der Waals surface area contributed by atoms with Gasteiger partial charge in [0.25, 0.3) is 0 Å². The third kappa shape index (κ3) is 5.81. The second-order valence-corrected chi connectivity index (χ2v) is 2.33. The molecule has 1 amide bonds. The molecular weight excluding hydrogens is 168 g/mol. The summed E-state index contributed by atoms with van der Waals surface area (Å²) in [6, 6.07) is 3.29. The Morgan fingerprint density at radius 1 is 1.69 bits per heavy atom. The van der Waals surface area contributed by atoms with Crippen LogP contribution in [0.1, 0.15) is 23.7 Å². The lowest BCUT2D eigenvalue weighted by molar-refractivity contribution is 0.1000. The molecule has 1 aromatic rings. The summed E-state index contributed by atoms with van der Waals surface area (Å²) in [5.41, 5.74) is 5.38. The van der Waals surface area contributed by atoms with E-state index in [2.05, 4.69) is 4.98 Å². The zero-order valence-corrected chi connectivity index (χ0v) is 7.60. The summed E-state index contributed by atoms with van der Waals surface area (Å²) in [5, 5.41) is 7.88. The fraction of sp³-hybridized carbons (Fsp3) is 0.333. The number of amides is 1. The molecule has 0 saturated heterocycles. The number of rotatable bonds is 2. The highest BCUT2D eigenvalue weighted by atomic mass is 16.2. The molecule has 0 spiro atoms. The molecule has 0 bridgehead atoms. The van der Waals surface area contributed by atoms with Crippen molar-refractivity contribution < 1.29 is 9.90 Å². The van der Waals surface area contributed by atoms with E-state index < -0.39 is 5.91 Å². The van der Waals surface area contributed by atoms with E-state index in [0.29, 0.717) is 12.2 Å². The lowest BCUT2D eigenvalue weighted by atomic mass is 10.3. The van der Waals surface area contributed by atoms with Gasteiger partial charge >= 0.3 is 0 Å². The first-order chi connectivity index (χ1) is 6.22. The van der Waals surface area contributed by atoms with E-state index in [1.54, 1.807) is 18.3 Å². The fourth-order valence-corrected chi connectivity index (χ4v) is 0.509. The molecule has 0 aromatic carbocycles. The molecule has 0 aliphatic rings. The minimum absolute atomic E-state index is 0.319. The zero-order valence-electron chi connectivity index (χ0n) is 7.60. The van der Waals surface area contributed by atoms with Crippen LogP contribution in [0.5, 0.6) is 0 Å². The Morgan fingerprint density at radius 2 is 2.31 bits per heavy atom. The van der Waals surface area contributed by atoms with E-state index in [0.717, 1.165) is 6.42 Å². The van der Waals surface area contributed by atoms with Gasteiger partial charge in [-0.05, 0) is 18.6 Å². The number of primary amides is 1. The number of nitrogens with two attached hydrogens (primary N) is 1. The monoisotopic (exact) mass is 182 g/mol. The van der Waals surface area contributed by atoms with Gasteiger partial charge in [0, 0.05) is 19.0 Å². The molecule has 0 saturated carbocycles. The van der Waals surface area contributed by atoms with Crippen molar-refractivity contribution in [1.82, 2.24) is 4.98 Å². The van der Waals surface area contributed by atoms with Crippen molar-refractivity contribution >= 4 is 5.91 Å². The molecule has 13 heavy (non-hydrogen) atoms. The van der Waals surface area contributed by atoms with Crippen molar-refractivity contribution in [1.29, 1.82) is 0 Å². The van der Waals surface area contributed by atoms with E-state index in [-0.39, 0.29) is 0 Å². The summed E-state index contributed by atoms with van der Waals surface area (Å²) >= 11 is 0. The van der Waals surface area contributed by atoms with Gasteiger partial charge in [-0.25, -0.2) is 0 Å². The number of aliphatic hydroxyl groups is 1. The second-order valence-electron chi connectivity index (χ2n) is 2.33. The summed E-state index contributed by atoms with van der Waals surface area (Å²) in [4.78, 5) is 14.1. The van der Waals surface area contributed by atoms with Gasteiger partial charge in [0.05, 0.1) is 5.56 Å². The first kappa shape index (κ1) is 11.6. The Labute approximate surface area is 77.4 Å². The van der Waals surface area contributed by atoms with Crippen molar-refractivity contribution in [3.8, 4) is 0 Å². The Morgan fingerprint density at radius 3 is 2.54 bits per heavy atom. The van der Waals surface area contributed by atoms with Crippen LogP contribution < -0.4 is 5.73 Å². The normalized spacial score (nSPS) is 8.46. The molecular formula is C9H14N2O2. The van der Waals surface area contributed by atoms with Gasteiger partial charge in [-0.2, -0.15) is 0 Å². The number of pyridine rings is 1. The Balaban J connectivity index is 0.000000310. The maximum atomic E-state index is 10.4. The quantitative estimate of drug-likeness (QED) is 0.702. The maximum Gasteiger partial charge on any atom is 0.250 e. The molecule has 0 fully saturated rings. The van der Waals surface area contributed by atoms with Crippen LogP contribution in [0, 0.1) is 0 Å². The van der Waals surface area contributed by atoms with Crippen molar-refractivity contribution in [3.05, 3.63) is 30.1 Å². The average Bonchev–Trinajstić information content (AvgIpc) is 2.19. The number of carbonyl (C=O) groups is 1. The molecule has 1 heterocycles. The van der Waals surface area contributed by atoms with Crippen LogP contribution in [-0.4, -0.2) is 22.6 Å². The predicted molar refractivity (Wildman–Crippen MR) is 50.1 cm³/mol. The van der Waals surface area contributed by atoms with Crippen molar-refractivity contribution in [2.24, 2.45) is 5.73 Å². The van der Waals surface area contributed by atoms with Crippen LogP contribution in [0.4, 0.5) is 0 Å². The van der Waals surface area contributed by atoms with Gasteiger partial charge in [0.1, 0.15) is 0 Å². The van der Waals surface area contributed by atoms with E-state index in [9.17, 15) is 4.79 Å². The Bertz CT molecular complexity index is 235. The molecule has 4 heteroatoms. The van der Waals surface area contributed by atoms with Crippen molar-refractivity contribution in [2.75, 3.05) is 6.61 Å². The molecule has 0 aliphatic heterocycles. The van der Waals surface area contributed by atoms with Crippen LogP contribution >= 0.6 is 0 Å². The van der Waals surface area contributed by atoms with Crippen molar-refractivity contribution in [3.63, 3.8) is 0 Å². The van der Waals surface area contributed by atoms with Crippen LogP contribution in [0.3, 0.4) is 0 Å². The molecule has 1 rings (SSSR count). The number of aliphatic hydroxyl groups excluding tert-OH is 1. The van der Waals surface area contributed by atoms with Crippen molar-refractivity contribution in [2.45, 2.75) is 13.3 Å². The third-order valence-corrected chi connectivity index (χ3v) is 1.17. The molecule has 1 aromatic heterocycles. The topological polar surface area (TPSA) is 76.2 Å². The smallest absolute Gasteiger partial charge is 0.250 e. The lowest BCUT2D eigenvalue weighted by Gasteiger charge is -1.88. The number of hydrogen-bond donors (Lipinski definition) is 2. The summed E-state index contributed by atoms with van der Waals surface area (Å²) in [5.74, 6) is -0.442. The first-order valence-electron chi connectivity index (χ1n) is 4.03. The highest BCUT2D eigenvalue weighted by molar-refractivity contribution is 5.92. The number of hydrogen-bond acceptors (Lipinski definition) is 3.